The molecule has 2 atom stereocenters. The fraction of sp³-hybridized carbons (Fsp3) is 0.812. The molecular weight excluding hydrogens is 348 g/mol. The number of carbonyl (C=O) groups is 1. The molecule has 8 nitrogen and oxygen atoms in total. The van der Waals surface area contributed by atoms with Gasteiger partial charge in [-0.1, -0.05) is 5.16 Å². The number of hydrogen-bond acceptors (Lipinski definition) is 7. The van der Waals surface area contributed by atoms with Gasteiger partial charge in [-0.05, 0) is 13.3 Å². The largest absolute Gasteiger partial charge is 0.374 e. The Morgan fingerprint density at radius 1 is 1.42 bits per heavy atom. The summed E-state index contributed by atoms with van der Waals surface area (Å²) in [5.74, 6) is -2.03. The molecule has 1 aromatic heterocycles. The van der Waals surface area contributed by atoms with Gasteiger partial charge in [0.25, 0.3) is 5.92 Å². The molecule has 3 heterocycles. The van der Waals surface area contributed by atoms with Gasteiger partial charge in [0.05, 0.1) is 19.1 Å². The molecule has 2 aliphatic heterocycles. The van der Waals surface area contributed by atoms with Crippen molar-refractivity contribution in [1.29, 1.82) is 0 Å². The standard InChI is InChI=1S/C16H25F2N5O3/c1-11(25-2)14-20-13(26-21-14)9-22-4-3-5-23(7-6-22)15(24)12-8-16(17,18)10-19-12/h11-12,19H,3-10H2,1-2H3. The number of methoxy groups -OCH3 is 1. The monoisotopic (exact) mass is 373 g/mol. The van der Waals surface area contributed by atoms with Crippen LogP contribution in [0.1, 0.15) is 37.6 Å². The van der Waals surface area contributed by atoms with Gasteiger partial charge in [-0.15, -0.1) is 0 Å². The highest BCUT2D eigenvalue weighted by Crippen LogP contribution is 2.26. The molecule has 1 N–H and O–H groups in total. The Hall–Kier alpha value is -1.65. The van der Waals surface area contributed by atoms with Gasteiger partial charge in [-0.25, -0.2) is 8.78 Å². The van der Waals surface area contributed by atoms with E-state index in [0.717, 1.165) is 13.0 Å². The number of nitrogens with one attached hydrogen (secondary N) is 1. The lowest BCUT2D eigenvalue weighted by atomic mass is 10.1. The van der Waals surface area contributed by atoms with E-state index in [1.54, 1.807) is 12.0 Å². The van der Waals surface area contributed by atoms with Crippen molar-refractivity contribution in [1.82, 2.24) is 25.3 Å². The number of rotatable bonds is 5. The van der Waals surface area contributed by atoms with Crippen molar-refractivity contribution in [2.75, 3.05) is 39.8 Å². The van der Waals surface area contributed by atoms with Crippen molar-refractivity contribution in [2.24, 2.45) is 0 Å². The lowest BCUT2D eigenvalue weighted by Crippen LogP contribution is -2.45. The summed E-state index contributed by atoms with van der Waals surface area (Å²) in [4.78, 5) is 20.6. The Kier molecular flexibility index (Phi) is 5.83. The van der Waals surface area contributed by atoms with E-state index in [9.17, 15) is 13.6 Å². The quantitative estimate of drug-likeness (QED) is 0.818. The van der Waals surface area contributed by atoms with Crippen LogP contribution < -0.4 is 5.32 Å². The van der Waals surface area contributed by atoms with E-state index in [0.29, 0.717) is 37.9 Å². The Morgan fingerprint density at radius 3 is 2.92 bits per heavy atom. The van der Waals surface area contributed by atoms with Crippen LogP contribution in [0.3, 0.4) is 0 Å². The number of nitrogens with zero attached hydrogens (tertiary/aromatic N) is 4. The van der Waals surface area contributed by atoms with Crippen LogP contribution in [-0.4, -0.2) is 77.6 Å². The second-order valence-electron chi connectivity index (χ2n) is 6.87. The van der Waals surface area contributed by atoms with E-state index < -0.39 is 24.9 Å². The molecule has 2 saturated heterocycles. The zero-order valence-electron chi connectivity index (χ0n) is 15.1. The van der Waals surface area contributed by atoms with Gasteiger partial charge < -0.3 is 14.2 Å². The molecular formula is C16H25F2N5O3. The average Bonchev–Trinajstić information content (AvgIpc) is 3.14. The molecule has 1 aromatic rings. The third-order valence-electron chi connectivity index (χ3n) is 4.87. The number of carbonyl (C=O) groups excluding carboxylic acids is 1. The fourth-order valence-corrected chi connectivity index (χ4v) is 3.25. The zero-order chi connectivity index (χ0) is 18.7. The molecule has 2 aliphatic rings. The number of amides is 1. The molecule has 0 saturated carbocycles. The maximum absolute atomic E-state index is 13.3. The van der Waals surface area contributed by atoms with Crippen molar-refractivity contribution in [3.63, 3.8) is 0 Å². The molecule has 0 aliphatic carbocycles. The van der Waals surface area contributed by atoms with Crippen molar-refractivity contribution in [3.05, 3.63) is 11.7 Å². The number of alkyl halides is 2. The zero-order valence-corrected chi connectivity index (χ0v) is 15.1. The van der Waals surface area contributed by atoms with Crippen LogP contribution >= 0.6 is 0 Å². The van der Waals surface area contributed by atoms with Crippen molar-refractivity contribution in [3.8, 4) is 0 Å². The predicted octanol–water partition coefficient (Wildman–Crippen LogP) is 0.808. The summed E-state index contributed by atoms with van der Waals surface area (Å²) in [5, 5.41) is 6.54. The summed E-state index contributed by atoms with van der Waals surface area (Å²) in [5.41, 5.74) is 0. The van der Waals surface area contributed by atoms with E-state index in [1.807, 2.05) is 6.92 Å². The van der Waals surface area contributed by atoms with E-state index in [2.05, 4.69) is 20.4 Å². The van der Waals surface area contributed by atoms with Gasteiger partial charge in [-0.3, -0.25) is 15.0 Å². The van der Waals surface area contributed by atoms with Gasteiger partial charge in [-0.2, -0.15) is 4.98 Å². The first-order valence-electron chi connectivity index (χ1n) is 8.85. The smallest absolute Gasteiger partial charge is 0.262 e. The fourth-order valence-electron chi connectivity index (χ4n) is 3.25. The first-order valence-corrected chi connectivity index (χ1v) is 8.85. The van der Waals surface area contributed by atoms with Crippen LogP contribution in [0, 0.1) is 0 Å². The van der Waals surface area contributed by atoms with Gasteiger partial charge in [0.15, 0.2) is 5.82 Å². The van der Waals surface area contributed by atoms with Crippen LogP contribution in [-0.2, 0) is 16.1 Å². The van der Waals surface area contributed by atoms with Gasteiger partial charge in [0, 0.05) is 39.7 Å². The topological polar surface area (TPSA) is 83.7 Å². The molecule has 1 amide bonds. The van der Waals surface area contributed by atoms with Gasteiger partial charge in [0.2, 0.25) is 11.8 Å². The highest BCUT2D eigenvalue weighted by atomic mass is 19.3. The Labute approximate surface area is 150 Å². The summed E-state index contributed by atoms with van der Waals surface area (Å²) in [7, 11) is 1.58. The van der Waals surface area contributed by atoms with E-state index in [4.69, 9.17) is 9.26 Å². The molecule has 26 heavy (non-hydrogen) atoms. The van der Waals surface area contributed by atoms with Crippen molar-refractivity contribution >= 4 is 5.91 Å². The molecule has 0 aromatic carbocycles. The lowest BCUT2D eigenvalue weighted by molar-refractivity contribution is -0.133. The van der Waals surface area contributed by atoms with Gasteiger partial charge in [0.1, 0.15) is 6.10 Å². The number of aromatic nitrogens is 2. The molecule has 0 bridgehead atoms. The molecule has 0 spiro atoms. The number of halogens is 2. The second-order valence-corrected chi connectivity index (χ2v) is 6.87. The Balaban J connectivity index is 1.52. The molecule has 2 unspecified atom stereocenters. The van der Waals surface area contributed by atoms with Crippen LogP contribution in [0.4, 0.5) is 8.78 Å². The molecule has 2 fully saturated rings. The summed E-state index contributed by atoms with van der Waals surface area (Å²) in [6, 6.07) is -0.786. The normalized spacial score (nSPS) is 25.2. The summed E-state index contributed by atoms with van der Waals surface area (Å²) >= 11 is 0. The summed E-state index contributed by atoms with van der Waals surface area (Å²) in [6.07, 6.45) is 0.112. The Morgan fingerprint density at radius 2 is 2.23 bits per heavy atom. The first-order chi connectivity index (χ1) is 12.4. The van der Waals surface area contributed by atoms with E-state index in [1.165, 1.54) is 0 Å². The van der Waals surface area contributed by atoms with Crippen LogP contribution in [0.25, 0.3) is 0 Å². The van der Waals surface area contributed by atoms with Crippen molar-refractivity contribution in [2.45, 2.75) is 44.4 Å². The summed E-state index contributed by atoms with van der Waals surface area (Å²) < 4.78 is 37.0. The Bertz CT molecular complexity index is 627. The van der Waals surface area contributed by atoms with Crippen molar-refractivity contribution < 1.29 is 22.8 Å². The molecule has 3 rings (SSSR count). The number of hydrogen-bond donors (Lipinski definition) is 1. The molecule has 10 heteroatoms. The molecule has 146 valence electrons. The average molecular weight is 373 g/mol. The third-order valence-corrected chi connectivity index (χ3v) is 4.87. The SMILES string of the molecule is COC(C)c1noc(CN2CCCN(C(=O)C3CC(F)(F)CN3)CC2)n1. The van der Waals surface area contributed by atoms with Gasteiger partial charge >= 0.3 is 0 Å². The van der Waals surface area contributed by atoms with Crippen LogP contribution in [0.2, 0.25) is 0 Å². The highest BCUT2D eigenvalue weighted by Gasteiger charge is 2.43. The maximum Gasteiger partial charge on any atom is 0.262 e. The van der Waals surface area contributed by atoms with E-state index in [-0.39, 0.29) is 12.0 Å². The minimum atomic E-state index is -2.80. The first kappa shape index (κ1) is 19.1. The second kappa shape index (κ2) is 7.93. The summed E-state index contributed by atoms with van der Waals surface area (Å²) in [6.45, 7) is 4.37. The maximum atomic E-state index is 13.3. The van der Waals surface area contributed by atoms with E-state index >= 15 is 0 Å². The predicted molar refractivity (Wildman–Crippen MR) is 87.6 cm³/mol. The van der Waals surface area contributed by atoms with Crippen LogP contribution in [0.5, 0.6) is 0 Å². The third kappa shape index (κ3) is 4.54. The highest BCUT2D eigenvalue weighted by molar-refractivity contribution is 5.82. The molecule has 0 radical (unpaired) electrons. The lowest BCUT2D eigenvalue weighted by Gasteiger charge is -2.24. The minimum Gasteiger partial charge on any atom is -0.374 e. The minimum absolute atomic E-state index is 0.234. The number of ether oxygens (including phenoxy) is 1. The van der Waals surface area contributed by atoms with Crippen LogP contribution in [0.15, 0.2) is 4.52 Å².